The minimum absolute atomic E-state index is 0.431. The summed E-state index contributed by atoms with van der Waals surface area (Å²) in [7, 11) is 0. The van der Waals surface area contributed by atoms with Gasteiger partial charge in [-0.2, -0.15) is 0 Å². The van der Waals surface area contributed by atoms with Crippen molar-refractivity contribution in [3.8, 4) is 0 Å². The molecule has 0 aromatic carbocycles. The predicted octanol–water partition coefficient (Wildman–Crippen LogP) is 33.5. The molecule has 2 atom stereocenters. The van der Waals surface area contributed by atoms with Gasteiger partial charge in [0.2, 0.25) is 6.10 Å². The molecule has 0 heterocycles. The molecule has 0 spiro atoms. The summed E-state index contributed by atoms with van der Waals surface area (Å²) in [6.07, 6.45) is 117. The van der Waals surface area contributed by atoms with Gasteiger partial charge >= 0.3 is 5.97 Å². The Morgan fingerprint density at radius 2 is 0.330 bits per heavy atom. The lowest BCUT2D eigenvalue weighted by molar-refractivity contribution is -0.360. The molecule has 0 rings (SSSR count). The molecule has 0 saturated heterocycles. The minimum atomic E-state index is -1.43. The average Bonchev–Trinajstić information content (AvgIpc) is 1.03. The molecular weight excluding hydrogens is 1140 g/mol. The maximum Gasteiger partial charge on any atom is 0.455 e. The van der Waals surface area contributed by atoms with Gasteiger partial charge in [-0.1, -0.05) is 452 Å². The molecule has 4 heteroatoms. The summed E-state index contributed by atoms with van der Waals surface area (Å²) in [6.45, 7) is 11.6. The zero-order valence-electron chi connectivity index (χ0n) is 65.4. The largest absolute Gasteiger partial charge is 0.486 e. The van der Waals surface area contributed by atoms with Crippen LogP contribution in [0.25, 0.3) is 0 Å². The fraction of sp³-hybridized carbons (Fsp3) is 0.911. The van der Waals surface area contributed by atoms with Gasteiger partial charge in [0.15, 0.2) is 0 Å². The molecule has 0 aromatic heterocycles. The van der Waals surface area contributed by atoms with Crippen LogP contribution in [-0.4, -0.2) is 12.1 Å². The van der Waals surface area contributed by atoms with E-state index in [1.54, 1.807) is 0 Å². The van der Waals surface area contributed by atoms with E-state index < -0.39 is 12.1 Å². The molecule has 0 saturated carbocycles. The Bertz CT molecular complexity index is 1470. The summed E-state index contributed by atoms with van der Waals surface area (Å²) in [5, 5.41) is 0. The van der Waals surface area contributed by atoms with E-state index in [1.165, 1.54) is 443 Å². The first kappa shape index (κ1) is 92.2. The van der Waals surface area contributed by atoms with Gasteiger partial charge < -0.3 is 18.9 Å². The van der Waals surface area contributed by atoms with Gasteiger partial charge in [0.1, 0.15) is 0 Å². The second kappa shape index (κ2) is 83.6. The number of allylic oxidation sites excluding steroid dienone is 4. The summed E-state index contributed by atoms with van der Waals surface area (Å²) in [5.41, 5.74) is 0. The fourth-order valence-corrected chi connectivity index (χ4v) is 13.8. The number of hydrogen-bond acceptors (Lipinski definition) is 4. The molecule has 0 aromatic rings. The summed E-state index contributed by atoms with van der Waals surface area (Å²) >= 11 is 0. The molecule has 0 amide bonds. The minimum Gasteiger partial charge on any atom is -0.486 e. The number of rotatable bonds is 84. The highest BCUT2D eigenvalue weighted by atomic mass is 16.9. The van der Waals surface area contributed by atoms with E-state index in [4.69, 9.17) is 18.9 Å². The summed E-state index contributed by atoms with van der Waals surface area (Å²) in [6, 6.07) is 0. The Morgan fingerprint density at radius 3 is 0.511 bits per heavy atom. The molecule has 0 fully saturated rings. The van der Waals surface area contributed by atoms with Crippen molar-refractivity contribution in [2.75, 3.05) is 0 Å². The van der Waals surface area contributed by atoms with Gasteiger partial charge in [-0.25, -0.2) is 0 Å². The third kappa shape index (κ3) is 72.9. The quantitative estimate of drug-likeness (QED) is 0.0345. The van der Waals surface area contributed by atoms with Gasteiger partial charge in [-0.05, 0) is 88.5 Å². The predicted molar refractivity (Wildman–Crippen MR) is 422 cm³/mol. The number of unbranched alkanes of at least 4 members (excludes halogenated alkanes) is 69. The zero-order valence-corrected chi connectivity index (χ0v) is 65.4. The van der Waals surface area contributed by atoms with Crippen LogP contribution < -0.4 is 0 Å². The molecule has 94 heavy (non-hydrogen) atoms. The van der Waals surface area contributed by atoms with Crippen LogP contribution in [-0.2, 0) is 18.9 Å². The second-order valence-electron chi connectivity index (χ2n) is 30.0. The second-order valence-corrected chi connectivity index (χ2v) is 30.0. The lowest BCUT2D eigenvalue weighted by Crippen LogP contribution is -2.48. The van der Waals surface area contributed by atoms with Gasteiger partial charge in [0.25, 0.3) is 0 Å². The van der Waals surface area contributed by atoms with Crippen molar-refractivity contribution in [3.05, 3.63) is 49.4 Å². The van der Waals surface area contributed by atoms with E-state index in [9.17, 15) is 0 Å². The van der Waals surface area contributed by atoms with Crippen LogP contribution in [0.2, 0.25) is 0 Å². The zero-order chi connectivity index (χ0) is 67.6. The molecule has 0 radical (unpaired) electrons. The van der Waals surface area contributed by atoms with Crippen LogP contribution in [0.1, 0.15) is 516 Å². The first-order chi connectivity index (χ1) is 46.7. The molecule has 0 aliphatic rings. The van der Waals surface area contributed by atoms with E-state index in [0.29, 0.717) is 0 Å². The van der Waals surface area contributed by atoms with Crippen LogP contribution in [0.15, 0.2) is 49.4 Å². The first-order valence-corrected chi connectivity index (χ1v) is 44.0. The number of hydrogen-bond donors (Lipinski definition) is 0. The third-order valence-electron chi connectivity index (χ3n) is 20.4. The van der Waals surface area contributed by atoms with Crippen LogP contribution in [0.5, 0.6) is 0 Å². The Kier molecular flexibility index (Phi) is 81.9. The monoisotopic (exact) mass is 1320 g/mol. The standard InChI is InChI=1S/C90H174O4/c1-6-11-16-21-26-31-36-41-46-49-53-58-63-68-73-78-83-88-94-90(92-86-81-76-71-66-61-56-51-44-39-34-29-24-19-14-9-4,93-87-82-77-72-67-62-57-52-48-43-38-33-28-23-18-13-8-3)89(91-85-80-75-70-65-60-55-45-40-35-30-25-20-15-10-5)84-79-74-69-64-59-54-50-47-42-37-32-27-22-17-12-7-2/h80-83,85-89H,6-79,84H2,1-5H3. The molecule has 558 valence electrons. The van der Waals surface area contributed by atoms with Crippen LogP contribution in [0.4, 0.5) is 0 Å². The highest BCUT2D eigenvalue weighted by Crippen LogP contribution is 2.31. The number of ether oxygens (including phenoxy) is 4. The highest BCUT2D eigenvalue weighted by molar-refractivity contribution is 4.88. The van der Waals surface area contributed by atoms with E-state index in [-0.39, 0.29) is 0 Å². The van der Waals surface area contributed by atoms with E-state index >= 15 is 0 Å². The summed E-state index contributed by atoms with van der Waals surface area (Å²) in [5.74, 6) is -1.43. The van der Waals surface area contributed by atoms with E-state index in [1.807, 2.05) is 25.0 Å². The van der Waals surface area contributed by atoms with Gasteiger partial charge in [0.05, 0.1) is 25.0 Å². The van der Waals surface area contributed by atoms with Crippen LogP contribution in [0, 0.1) is 0 Å². The molecule has 0 aliphatic carbocycles. The van der Waals surface area contributed by atoms with Crippen molar-refractivity contribution < 1.29 is 18.9 Å². The van der Waals surface area contributed by atoms with Crippen LogP contribution in [0.3, 0.4) is 0 Å². The lowest BCUT2D eigenvalue weighted by Gasteiger charge is -2.36. The third-order valence-corrected chi connectivity index (χ3v) is 20.4. The first-order valence-electron chi connectivity index (χ1n) is 44.0. The van der Waals surface area contributed by atoms with E-state index in [2.05, 4.69) is 58.9 Å². The maximum absolute atomic E-state index is 6.94. The van der Waals surface area contributed by atoms with Gasteiger partial charge in [-0.3, -0.25) is 0 Å². The molecule has 0 aliphatic heterocycles. The molecule has 4 nitrogen and oxygen atoms in total. The van der Waals surface area contributed by atoms with Crippen molar-refractivity contribution in [1.29, 1.82) is 0 Å². The van der Waals surface area contributed by atoms with Crippen molar-refractivity contribution in [1.82, 2.24) is 0 Å². The van der Waals surface area contributed by atoms with Crippen LogP contribution >= 0.6 is 0 Å². The Labute approximate surface area is 593 Å². The Hall–Kier alpha value is -1.84. The summed E-state index contributed by atoms with van der Waals surface area (Å²) < 4.78 is 27.7. The lowest BCUT2D eigenvalue weighted by atomic mass is 10.0. The maximum atomic E-state index is 6.94. The molecule has 2 unspecified atom stereocenters. The van der Waals surface area contributed by atoms with Gasteiger partial charge in [0, 0.05) is 0 Å². The van der Waals surface area contributed by atoms with Gasteiger partial charge in [-0.15, -0.1) is 0 Å². The SMILES string of the molecule is CCCCCCCCCCCCCCC=COC(CCCCCCCCCCCCCCCCCC)C(OC=CCCCCCCCCCCCCCCC)(OC=CCCCCCCCCCCCCCCCC)OC=CCCCCCCCCCCCCCCCCC. The Balaban J connectivity index is 6.16. The average molecular weight is 1320 g/mol. The van der Waals surface area contributed by atoms with Crippen molar-refractivity contribution in [2.24, 2.45) is 0 Å². The van der Waals surface area contributed by atoms with Crippen molar-refractivity contribution >= 4 is 0 Å². The van der Waals surface area contributed by atoms with Crippen molar-refractivity contribution in [3.63, 3.8) is 0 Å². The molecular formula is C90H174O4. The highest BCUT2D eigenvalue weighted by Gasteiger charge is 2.46. The molecule has 0 N–H and O–H groups in total. The summed E-state index contributed by atoms with van der Waals surface area (Å²) in [4.78, 5) is 0. The molecule has 0 bridgehead atoms. The fourth-order valence-electron chi connectivity index (χ4n) is 13.8. The normalized spacial score (nSPS) is 13.0. The van der Waals surface area contributed by atoms with Crippen molar-refractivity contribution in [2.45, 2.75) is 528 Å². The van der Waals surface area contributed by atoms with E-state index in [0.717, 1.165) is 38.5 Å². The topological polar surface area (TPSA) is 36.9 Å². The Morgan fingerprint density at radius 1 is 0.181 bits per heavy atom. The smallest absolute Gasteiger partial charge is 0.455 e.